The summed E-state index contributed by atoms with van der Waals surface area (Å²) in [7, 11) is 0. The first-order chi connectivity index (χ1) is 10.6. The van der Waals surface area contributed by atoms with Gasteiger partial charge in [-0.05, 0) is 37.9 Å². The molecule has 2 heterocycles. The summed E-state index contributed by atoms with van der Waals surface area (Å²) in [4.78, 5) is 11.5. The van der Waals surface area contributed by atoms with Crippen molar-refractivity contribution in [1.29, 1.82) is 0 Å². The molecular formula is C16H18ClFN2O2. The number of aromatic carboxylic acids is 1. The number of carboxylic acids is 1. The molecule has 2 aromatic rings. The molecule has 0 amide bonds. The maximum atomic E-state index is 13.0. The molecule has 0 bridgehead atoms. The SMILES string of the molecule is O=C(O)c1cn(C(CCF)C2CCCN2)c2cccc(Cl)c12. The summed E-state index contributed by atoms with van der Waals surface area (Å²) in [6, 6.07) is 5.36. The lowest BCUT2D eigenvalue weighted by Crippen LogP contribution is -2.32. The Morgan fingerprint density at radius 3 is 3.00 bits per heavy atom. The van der Waals surface area contributed by atoms with Crippen LogP contribution in [0.3, 0.4) is 0 Å². The smallest absolute Gasteiger partial charge is 0.337 e. The molecule has 1 aromatic heterocycles. The Labute approximate surface area is 132 Å². The first-order valence-corrected chi connectivity index (χ1v) is 7.83. The van der Waals surface area contributed by atoms with E-state index in [2.05, 4.69) is 5.32 Å². The summed E-state index contributed by atoms with van der Waals surface area (Å²) in [6.45, 7) is 0.477. The third kappa shape index (κ3) is 2.59. The van der Waals surface area contributed by atoms with Crippen LogP contribution in [-0.4, -0.2) is 34.9 Å². The summed E-state index contributed by atoms with van der Waals surface area (Å²) in [6.07, 6.45) is 3.97. The number of aromatic nitrogens is 1. The van der Waals surface area contributed by atoms with Gasteiger partial charge in [0.2, 0.25) is 0 Å². The number of nitrogens with one attached hydrogen (secondary N) is 1. The molecule has 1 aromatic carbocycles. The molecule has 1 aliphatic heterocycles. The van der Waals surface area contributed by atoms with E-state index in [0.29, 0.717) is 16.8 Å². The predicted octanol–water partition coefficient (Wildman–Crippen LogP) is 3.65. The van der Waals surface area contributed by atoms with Crippen molar-refractivity contribution in [1.82, 2.24) is 9.88 Å². The van der Waals surface area contributed by atoms with E-state index >= 15 is 0 Å². The number of carboxylic acid groups (broad SMARTS) is 1. The Bertz CT molecular complexity index is 695. The van der Waals surface area contributed by atoms with Crippen molar-refractivity contribution in [3.8, 4) is 0 Å². The van der Waals surface area contributed by atoms with Gasteiger partial charge in [-0.2, -0.15) is 0 Å². The summed E-state index contributed by atoms with van der Waals surface area (Å²) >= 11 is 6.19. The number of halogens is 2. The molecule has 2 unspecified atom stereocenters. The Kier molecular flexibility index (Phi) is 4.36. The standard InChI is InChI=1S/C16H18ClFN2O2/c17-11-3-1-5-14-15(11)10(16(21)22)9-20(14)13(6-7-18)12-4-2-8-19-12/h1,3,5,9,12-13,19H,2,4,6-8H2,(H,21,22). The maximum absolute atomic E-state index is 13.0. The van der Waals surface area contributed by atoms with Gasteiger partial charge in [0.05, 0.1) is 28.8 Å². The first kappa shape index (κ1) is 15.3. The highest BCUT2D eigenvalue weighted by atomic mass is 35.5. The second-order valence-corrected chi connectivity index (χ2v) is 6.04. The monoisotopic (exact) mass is 324 g/mol. The molecule has 0 saturated carbocycles. The van der Waals surface area contributed by atoms with Crippen LogP contribution in [-0.2, 0) is 0 Å². The van der Waals surface area contributed by atoms with Crippen LogP contribution in [0.15, 0.2) is 24.4 Å². The summed E-state index contributed by atoms with van der Waals surface area (Å²) in [5.74, 6) is -1.02. The molecule has 2 atom stereocenters. The summed E-state index contributed by atoms with van der Waals surface area (Å²) < 4.78 is 14.9. The molecule has 0 radical (unpaired) electrons. The zero-order chi connectivity index (χ0) is 15.7. The Morgan fingerprint density at radius 2 is 2.36 bits per heavy atom. The van der Waals surface area contributed by atoms with Gasteiger partial charge in [-0.1, -0.05) is 17.7 Å². The highest BCUT2D eigenvalue weighted by Crippen LogP contribution is 2.34. The second kappa shape index (κ2) is 6.26. The molecule has 4 nitrogen and oxygen atoms in total. The number of hydrogen-bond donors (Lipinski definition) is 2. The summed E-state index contributed by atoms with van der Waals surface area (Å²) in [5, 5.41) is 13.8. The average molecular weight is 325 g/mol. The fourth-order valence-electron chi connectivity index (χ4n) is 3.39. The van der Waals surface area contributed by atoms with Crippen LogP contribution in [0.1, 0.15) is 35.7 Å². The topological polar surface area (TPSA) is 54.3 Å². The van der Waals surface area contributed by atoms with E-state index in [-0.39, 0.29) is 17.6 Å². The lowest BCUT2D eigenvalue weighted by Gasteiger charge is -2.25. The van der Waals surface area contributed by atoms with Crippen LogP contribution in [0.25, 0.3) is 10.9 Å². The summed E-state index contributed by atoms with van der Waals surface area (Å²) in [5.41, 5.74) is 0.916. The van der Waals surface area contributed by atoms with E-state index in [1.54, 1.807) is 18.3 Å². The minimum Gasteiger partial charge on any atom is -0.478 e. The van der Waals surface area contributed by atoms with Gasteiger partial charge in [0.25, 0.3) is 0 Å². The lowest BCUT2D eigenvalue weighted by molar-refractivity contribution is 0.0698. The van der Waals surface area contributed by atoms with E-state index in [0.717, 1.165) is 24.9 Å². The number of rotatable bonds is 5. The van der Waals surface area contributed by atoms with Crippen LogP contribution < -0.4 is 5.32 Å². The van der Waals surface area contributed by atoms with Crippen molar-refractivity contribution in [2.24, 2.45) is 0 Å². The molecule has 1 fully saturated rings. The number of benzene rings is 1. The van der Waals surface area contributed by atoms with Crippen molar-refractivity contribution in [3.63, 3.8) is 0 Å². The molecule has 1 aliphatic rings. The molecule has 22 heavy (non-hydrogen) atoms. The minimum atomic E-state index is -1.02. The molecule has 0 spiro atoms. The van der Waals surface area contributed by atoms with E-state index in [1.165, 1.54) is 0 Å². The van der Waals surface area contributed by atoms with Crippen molar-refractivity contribution in [2.45, 2.75) is 31.3 Å². The van der Waals surface area contributed by atoms with E-state index in [9.17, 15) is 14.3 Å². The minimum absolute atomic E-state index is 0.110. The molecule has 3 rings (SSSR count). The number of carbonyl (C=O) groups is 1. The van der Waals surface area contributed by atoms with Gasteiger partial charge in [0.15, 0.2) is 0 Å². The quantitative estimate of drug-likeness (QED) is 0.882. The molecule has 1 saturated heterocycles. The predicted molar refractivity (Wildman–Crippen MR) is 84.6 cm³/mol. The highest BCUT2D eigenvalue weighted by molar-refractivity contribution is 6.36. The van der Waals surface area contributed by atoms with Gasteiger partial charge in [-0.25, -0.2) is 4.79 Å². The van der Waals surface area contributed by atoms with Crippen molar-refractivity contribution < 1.29 is 14.3 Å². The van der Waals surface area contributed by atoms with E-state index < -0.39 is 12.6 Å². The van der Waals surface area contributed by atoms with Crippen LogP contribution in [0, 0.1) is 0 Å². The van der Waals surface area contributed by atoms with Gasteiger partial charge in [-0.3, -0.25) is 4.39 Å². The van der Waals surface area contributed by atoms with Crippen LogP contribution in [0.2, 0.25) is 5.02 Å². The normalized spacial score (nSPS) is 19.6. The van der Waals surface area contributed by atoms with E-state index in [4.69, 9.17) is 11.6 Å². The van der Waals surface area contributed by atoms with Crippen molar-refractivity contribution >= 4 is 28.5 Å². The number of nitrogens with zero attached hydrogens (tertiary/aromatic N) is 1. The van der Waals surface area contributed by atoms with Gasteiger partial charge in [0.1, 0.15) is 0 Å². The zero-order valence-electron chi connectivity index (χ0n) is 12.1. The highest BCUT2D eigenvalue weighted by Gasteiger charge is 2.28. The van der Waals surface area contributed by atoms with E-state index in [1.807, 2.05) is 10.6 Å². The van der Waals surface area contributed by atoms with Gasteiger partial charge < -0.3 is 15.0 Å². The number of alkyl halides is 1. The first-order valence-electron chi connectivity index (χ1n) is 7.45. The maximum Gasteiger partial charge on any atom is 0.337 e. The molecule has 6 heteroatoms. The molecule has 0 aliphatic carbocycles. The fraction of sp³-hybridized carbons (Fsp3) is 0.438. The Morgan fingerprint density at radius 1 is 1.55 bits per heavy atom. The van der Waals surface area contributed by atoms with Crippen LogP contribution in [0.5, 0.6) is 0 Å². The van der Waals surface area contributed by atoms with Gasteiger partial charge >= 0.3 is 5.97 Å². The Hall–Kier alpha value is -1.59. The lowest BCUT2D eigenvalue weighted by atomic mass is 10.0. The number of fused-ring (bicyclic) bond motifs is 1. The third-order valence-electron chi connectivity index (χ3n) is 4.36. The van der Waals surface area contributed by atoms with Crippen LogP contribution in [0.4, 0.5) is 4.39 Å². The van der Waals surface area contributed by atoms with Gasteiger partial charge in [-0.15, -0.1) is 0 Å². The molecule has 118 valence electrons. The van der Waals surface area contributed by atoms with Crippen molar-refractivity contribution in [3.05, 3.63) is 35.0 Å². The fourth-order valence-corrected chi connectivity index (χ4v) is 3.66. The molecular weight excluding hydrogens is 307 g/mol. The average Bonchev–Trinajstić information content (AvgIpc) is 3.13. The number of hydrogen-bond acceptors (Lipinski definition) is 2. The van der Waals surface area contributed by atoms with Gasteiger partial charge in [0, 0.05) is 17.6 Å². The zero-order valence-corrected chi connectivity index (χ0v) is 12.8. The Balaban J connectivity index is 2.16. The largest absolute Gasteiger partial charge is 0.478 e. The third-order valence-corrected chi connectivity index (χ3v) is 4.68. The van der Waals surface area contributed by atoms with Crippen LogP contribution >= 0.6 is 11.6 Å². The molecule has 2 N–H and O–H groups in total. The van der Waals surface area contributed by atoms with Crippen molar-refractivity contribution in [2.75, 3.05) is 13.2 Å². The second-order valence-electron chi connectivity index (χ2n) is 5.64.